The Kier molecular flexibility index (Phi) is 5.05. The molecule has 1 aromatic heterocycles. The monoisotopic (exact) mass is 326 g/mol. The number of benzene rings is 1. The average molecular weight is 326 g/mol. The third-order valence-electron chi connectivity index (χ3n) is 4.41. The van der Waals surface area contributed by atoms with Gasteiger partial charge in [0.1, 0.15) is 0 Å². The summed E-state index contributed by atoms with van der Waals surface area (Å²) in [7, 11) is 0. The summed E-state index contributed by atoms with van der Waals surface area (Å²) in [5.74, 6) is 0.483. The molecule has 1 aliphatic heterocycles. The van der Waals surface area contributed by atoms with Crippen LogP contribution in [0.1, 0.15) is 18.9 Å². The van der Waals surface area contributed by atoms with Gasteiger partial charge in [0.25, 0.3) is 0 Å². The van der Waals surface area contributed by atoms with Crippen molar-refractivity contribution in [1.29, 1.82) is 0 Å². The van der Waals surface area contributed by atoms with Crippen LogP contribution >= 0.6 is 0 Å². The Morgan fingerprint density at radius 1 is 1.21 bits per heavy atom. The van der Waals surface area contributed by atoms with Gasteiger partial charge < -0.3 is 4.90 Å². The molecule has 24 heavy (non-hydrogen) atoms. The maximum absolute atomic E-state index is 11.3. The Balaban J connectivity index is 1.75. The molecule has 1 aromatic carbocycles. The number of anilines is 1. The average Bonchev–Trinajstić information content (AvgIpc) is 2.77. The van der Waals surface area contributed by atoms with E-state index in [1.165, 1.54) is 11.6 Å². The fourth-order valence-corrected chi connectivity index (χ4v) is 3.30. The molecule has 0 saturated carbocycles. The Bertz CT molecular complexity index is 692. The second-order valence-electron chi connectivity index (χ2n) is 6.22. The minimum absolute atomic E-state index is 0.0841. The van der Waals surface area contributed by atoms with Gasteiger partial charge in [-0.25, -0.2) is 4.98 Å². The first-order valence-corrected chi connectivity index (χ1v) is 8.27. The Morgan fingerprint density at radius 3 is 2.75 bits per heavy atom. The van der Waals surface area contributed by atoms with Crippen LogP contribution in [0, 0.1) is 10.1 Å². The summed E-state index contributed by atoms with van der Waals surface area (Å²) in [6, 6.07) is 13.7. The fourth-order valence-electron chi connectivity index (χ4n) is 3.30. The summed E-state index contributed by atoms with van der Waals surface area (Å²) in [5, 5.41) is 11.3. The smallest absolute Gasteiger partial charge is 0.311 e. The first-order valence-electron chi connectivity index (χ1n) is 8.27. The van der Waals surface area contributed by atoms with Crippen LogP contribution in [0.5, 0.6) is 0 Å². The molecule has 6 heteroatoms. The minimum Gasteiger partial charge on any atom is -0.347 e. The van der Waals surface area contributed by atoms with Crippen molar-refractivity contribution in [3.8, 4) is 0 Å². The normalized spacial score (nSPS) is 19.0. The Morgan fingerprint density at radius 2 is 2.00 bits per heavy atom. The van der Waals surface area contributed by atoms with E-state index < -0.39 is 0 Å². The summed E-state index contributed by atoms with van der Waals surface area (Å²) in [4.78, 5) is 19.7. The van der Waals surface area contributed by atoms with Gasteiger partial charge in [0.15, 0.2) is 0 Å². The topological polar surface area (TPSA) is 62.5 Å². The van der Waals surface area contributed by atoms with Gasteiger partial charge in [0.05, 0.1) is 4.92 Å². The number of hydrogen-bond donors (Lipinski definition) is 0. The van der Waals surface area contributed by atoms with Crippen molar-refractivity contribution in [2.75, 3.05) is 24.5 Å². The van der Waals surface area contributed by atoms with Crippen LogP contribution in [-0.4, -0.2) is 40.5 Å². The number of nitro groups is 1. The molecular weight excluding hydrogens is 304 g/mol. The Hall–Kier alpha value is -2.47. The third-order valence-corrected chi connectivity index (χ3v) is 4.41. The molecule has 2 aromatic rings. The lowest BCUT2D eigenvalue weighted by Crippen LogP contribution is -2.39. The number of nitrogens with zero attached hydrogens (tertiary/aromatic N) is 4. The van der Waals surface area contributed by atoms with Crippen molar-refractivity contribution < 1.29 is 4.92 Å². The predicted octanol–water partition coefficient (Wildman–Crippen LogP) is 3.09. The zero-order chi connectivity index (χ0) is 16.9. The largest absolute Gasteiger partial charge is 0.347 e. The second kappa shape index (κ2) is 7.40. The van der Waals surface area contributed by atoms with Gasteiger partial charge >= 0.3 is 5.69 Å². The molecule has 0 bridgehead atoms. The highest BCUT2D eigenvalue weighted by Crippen LogP contribution is 2.28. The molecule has 6 nitrogen and oxygen atoms in total. The van der Waals surface area contributed by atoms with Crippen molar-refractivity contribution in [3.63, 3.8) is 0 Å². The SMILES string of the molecule is CC1CN(Cc2ccccc2)CCCN1c1ncccc1[N+](=O)[O-]. The minimum atomic E-state index is -0.346. The molecule has 1 fully saturated rings. The maximum atomic E-state index is 11.3. The molecule has 2 heterocycles. The number of hydrogen-bond acceptors (Lipinski definition) is 5. The quantitative estimate of drug-likeness (QED) is 0.638. The lowest BCUT2D eigenvalue weighted by atomic mass is 10.2. The van der Waals surface area contributed by atoms with Crippen molar-refractivity contribution in [1.82, 2.24) is 9.88 Å². The van der Waals surface area contributed by atoms with Gasteiger partial charge in [-0.3, -0.25) is 15.0 Å². The van der Waals surface area contributed by atoms with E-state index >= 15 is 0 Å². The highest BCUT2D eigenvalue weighted by molar-refractivity contribution is 5.58. The summed E-state index contributed by atoms with van der Waals surface area (Å²) >= 11 is 0. The Labute approximate surface area is 141 Å². The van der Waals surface area contributed by atoms with Crippen LogP contribution in [0.2, 0.25) is 0 Å². The van der Waals surface area contributed by atoms with E-state index in [0.29, 0.717) is 5.82 Å². The first-order chi connectivity index (χ1) is 11.6. The molecule has 0 amide bonds. The molecule has 0 radical (unpaired) electrons. The standard InChI is InChI=1S/C18H22N4O2/c1-15-13-20(14-16-7-3-2-4-8-16)11-6-12-21(15)18-17(22(23)24)9-5-10-19-18/h2-5,7-10,15H,6,11-14H2,1H3. The fraction of sp³-hybridized carbons (Fsp3) is 0.389. The molecule has 0 aliphatic carbocycles. The highest BCUT2D eigenvalue weighted by atomic mass is 16.6. The highest BCUT2D eigenvalue weighted by Gasteiger charge is 2.27. The molecule has 1 aliphatic rings. The molecular formula is C18H22N4O2. The van der Waals surface area contributed by atoms with E-state index in [-0.39, 0.29) is 16.7 Å². The van der Waals surface area contributed by atoms with Crippen LogP contribution in [0.15, 0.2) is 48.7 Å². The number of aromatic nitrogens is 1. The van der Waals surface area contributed by atoms with Gasteiger partial charge in [-0.2, -0.15) is 0 Å². The molecule has 1 saturated heterocycles. The number of pyridine rings is 1. The molecule has 0 spiro atoms. The van der Waals surface area contributed by atoms with Crippen LogP contribution in [0.4, 0.5) is 11.5 Å². The van der Waals surface area contributed by atoms with Gasteiger partial charge in [-0.05, 0) is 25.0 Å². The predicted molar refractivity (Wildman–Crippen MR) is 94.0 cm³/mol. The van der Waals surface area contributed by atoms with Crippen LogP contribution < -0.4 is 4.90 Å². The van der Waals surface area contributed by atoms with Crippen molar-refractivity contribution in [2.45, 2.75) is 25.9 Å². The zero-order valence-corrected chi connectivity index (χ0v) is 13.8. The number of rotatable bonds is 4. The van der Waals surface area contributed by atoms with E-state index in [0.717, 1.165) is 32.6 Å². The second-order valence-corrected chi connectivity index (χ2v) is 6.22. The van der Waals surface area contributed by atoms with E-state index in [4.69, 9.17) is 0 Å². The molecule has 1 unspecified atom stereocenters. The summed E-state index contributed by atoms with van der Waals surface area (Å²) in [6.45, 7) is 5.65. The summed E-state index contributed by atoms with van der Waals surface area (Å²) < 4.78 is 0. The summed E-state index contributed by atoms with van der Waals surface area (Å²) in [5.41, 5.74) is 1.38. The zero-order valence-electron chi connectivity index (χ0n) is 13.8. The van der Waals surface area contributed by atoms with Crippen molar-refractivity contribution in [2.24, 2.45) is 0 Å². The van der Waals surface area contributed by atoms with E-state index in [2.05, 4.69) is 46.0 Å². The van der Waals surface area contributed by atoms with Crippen molar-refractivity contribution in [3.05, 3.63) is 64.3 Å². The van der Waals surface area contributed by atoms with Gasteiger partial charge in [-0.1, -0.05) is 30.3 Å². The van der Waals surface area contributed by atoms with Crippen LogP contribution in [-0.2, 0) is 6.54 Å². The van der Waals surface area contributed by atoms with Crippen molar-refractivity contribution >= 4 is 11.5 Å². The molecule has 3 rings (SSSR count). The van der Waals surface area contributed by atoms with E-state index in [9.17, 15) is 10.1 Å². The summed E-state index contributed by atoms with van der Waals surface area (Å²) in [6.07, 6.45) is 2.59. The van der Waals surface area contributed by atoms with Gasteiger partial charge in [0.2, 0.25) is 5.82 Å². The third kappa shape index (κ3) is 3.71. The molecule has 0 N–H and O–H groups in total. The van der Waals surface area contributed by atoms with Gasteiger partial charge in [-0.15, -0.1) is 0 Å². The van der Waals surface area contributed by atoms with E-state index in [1.54, 1.807) is 12.3 Å². The van der Waals surface area contributed by atoms with Crippen LogP contribution in [0.3, 0.4) is 0 Å². The first kappa shape index (κ1) is 16.4. The lowest BCUT2D eigenvalue weighted by molar-refractivity contribution is -0.384. The maximum Gasteiger partial charge on any atom is 0.311 e. The van der Waals surface area contributed by atoms with E-state index in [1.807, 2.05) is 6.07 Å². The van der Waals surface area contributed by atoms with Crippen LogP contribution in [0.25, 0.3) is 0 Å². The molecule has 126 valence electrons. The molecule has 1 atom stereocenters. The lowest BCUT2D eigenvalue weighted by Gasteiger charge is -2.29. The van der Waals surface area contributed by atoms with Gasteiger partial charge in [0, 0.05) is 44.5 Å².